The molecule has 0 amide bonds. The molecule has 0 spiro atoms. The van der Waals surface area contributed by atoms with E-state index in [1.807, 2.05) is 6.92 Å². The third-order valence-corrected chi connectivity index (χ3v) is 1.63. The molecular weight excluding hydrogens is 151 g/mol. The zero-order valence-electron chi connectivity index (χ0n) is 5.91. The normalized spacial score (nSPS) is 10.0. The average Bonchev–Trinajstić information content (AvgIpc) is 1.82. The molecule has 2 heteroatoms. The molecule has 0 aliphatic carbocycles. The molecule has 0 fully saturated rings. The predicted molar refractivity (Wildman–Crippen MR) is 40.9 cm³/mol. The Morgan fingerprint density at radius 1 is 1.30 bits per heavy atom. The first-order valence-corrected chi connectivity index (χ1v) is 3.41. The zero-order valence-corrected chi connectivity index (χ0v) is 6.67. The summed E-state index contributed by atoms with van der Waals surface area (Å²) in [7, 11) is 0. The van der Waals surface area contributed by atoms with E-state index in [0.29, 0.717) is 5.56 Å². The Hall–Kier alpha value is -0.560. The molecule has 0 saturated heterocycles. The summed E-state index contributed by atoms with van der Waals surface area (Å²) in [6, 6.07) is 3.38. The maximum absolute atomic E-state index is 12.8. The summed E-state index contributed by atoms with van der Waals surface area (Å²) in [5.74, 6) is -0.313. The Kier molecular flexibility index (Phi) is 1.95. The van der Waals surface area contributed by atoms with Gasteiger partial charge >= 0.3 is 0 Å². The van der Waals surface area contributed by atoms with Crippen LogP contribution in [0.1, 0.15) is 11.1 Å². The van der Waals surface area contributed by atoms with Crippen molar-refractivity contribution in [3.05, 3.63) is 34.1 Å². The molecule has 10 heavy (non-hydrogen) atoms. The SMILES string of the molecule is Cc1cc(C)c(F)c(Cl)c1. The minimum absolute atomic E-state index is 0.206. The van der Waals surface area contributed by atoms with E-state index >= 15 is 0 Å². The van der Waals surface area contributed by atoms with Crippen molar-refractivity contribution in [1.82, 2.24) is 0 Å². The van der Waals surface area contributed by atoms with Crippen LogP contribution < -0.4 is 0 Å². The number of halogens is 2. The number of rotatable bonds is 0. The molecule has 1 aromatic rings. The highest BCUT2D eigenvalue weighted by Gasteiger charge is 2.02. The Morgan fingerprint density at radius 2 is 1.90 bits per heavy atom. The predicted octanol–water partition coefficient (Wildman–Crippen LogP) is 3.10. The maximum atomic E-state index is 12.8. The zero-order chi connectivity index (χ0) is 7.72. The Balaban J connectivity index is 3.31. The number of hydrogen-bond acceptors (Lipinski definition) is 0. The van der Waals surface area contributed by atoms with Crippen LogP contribution in [-0.2, 0) is 0 Å². The van der Waals surface area contributed by atoms with Crippen LogP contribution >= 0.6 is 11.6 Å². The van der Waals surface area contributed by atoms with Gasteiger partial charge in [0.2, 0.25) is 0 Å². The summed E-state index contributed by atoms with van der Waals surface area (Å²) in [6.45, 7) is 3.59. The van der Waals surface area contributed by atoms with Crippen LogP contribution in [0, 0.1) is 19.7 Å². The van der Waals surface area contributed by atoms with E-state index in [0.717, 1.165) is 5.56 Å². The van der Waals surface area contributed by atoms with Gasteiger partial charge in [0.1, 0.15) is 5.82 Å². The number of hydrogen-bond donors (Lipinski definition) is 0. The van der Waals surface area contributed by atoms with Crippen molar-refractivity contribution in [2.45, 2.75) is 13.8 Å². The van der Waals surface area contributed by atoms with Gasteiger partial charge in [-0.1, -0.05) is 17.7 Å². The molecular formula is C8H8ClF. The van der Waals surface area contributed by atoms with Gasteiger partial charge in [-0.05, 0) is 31.0 Å². The van der Waals surface area contributed by atoms with Crippen molar-refractivity contribution in [1.29, 1.82) is 0 Å². The van der Waals surface area contributed by atoms with Crippen LogP contribution in [0.2, 0.25) is 5.02 Å². The highest BCUT2D eigenvalue weighted by molar-refractivity contribution is 6.30. The van der Waals surface area contributed by atoms with Gasteiger partial charge in [-0.2, -0.15) is 0 Å². The molecule has 0 aliphatic heterocycles. The summed E-state index contributed by atoms with van der Waals surface area (Å²) in [5.41, 5.74) is 1.59. The van der Waals surface area contributed by atoms with Crippen molar-refractivity contribution in [2.75, 3.05) is 0 Å². The van der Waals surface area contributed by atoms with Crippen LogP contribution in [0.3, 0.4) is 0 Å². The molecule has 0 bridgehead atoms. The van der Waals surface area contributed by atoms with Crippen molar-refractivity contribution in [3.8, 4) is 0 Å². The fourth-order valence-corrected chi connectivity index (χ4v) is 1.22. The van der Waals surface area contributed by atoms with Crippen molar-refractivity contribution in [3.63, 3.8) is 0 Å². The van der Waals surface area contributed by atoms with E-state index < -0.39 is 0 Å². The Bertz CT molecular complexity index is 232. The second-order valence-electron chi connectivity index (χ2n) is 2.38. The topological polar surface area (TPSA) is 0 Å². The monoisotopic (exact) mass is 158 g/mol. The van der Waals surface area contributed by atoms with E-state index in [-0.39, 0.29) is 10.8 Å². The lowest BCUT2D eigenvalue weighted by Crippen LogP contribution is -1.84. The molecule has 0 atom stereocenters. The summed E-state index contributed by atoms with van der Waals surface area (Å²) < 4.78 is 12.8. The molecule has 1 rings (SSSR count). The molecule has 54 valence electrons. The molecule has 0 heterocycles. The summed E-state index contributed by atoms with van der Waals surface area (Å²) >= 11 is 5.54. The largest absolute Gasteiger partial charge is 0.205 e. The van der Waals surface area contributed by atoms with Gasteiger partial charge in [-0.25, -0.2) is 4.39 Å². The molecule has 0 nitrogen and oxygen atoms in total. The lowest BCUT2D eigenvalue weighted by Gasteiger charge is -1.99. The third-order valence-electron chi connectivity index (χ3n) is 1.35. The van der Waals surface area contributed by atoms with Gasteiger partial charge in [0.25, 0.3) is 0 Å². The highest BCUT2D eigenvalue weighted by Crippen LogP contribution is 2.19. The summed E-state index contributed by atoms with van der Waals surface area (Å²) in [6.07, 6.45) is 0. The Labute approximate surface area is 64.6 Å². The van der Waals surface area contributed by atoms with E-state index in [1.54, 1.807) is 19.1 Å². The van der Waals surface area contributed by atoms with Crippen LogP contribution in [-0.4, -0.2) is 0 Å². The van der Waals surface area contributed by atoms with E-state index in [2.05, 4.69) is 0 Å². The van der Waals surface area contributed by atoms with Crippen molar-refractivity contribution >= 4 is 11.6 Å². The number of benzene rings is 1. The molecule has 0 radical (unpaired) electrons. The van der Waals surface area contributed by atoms with Crippen molar-refractivity contribution < 1.29 is 4.39 Å². The molecule has 0 aromatic heterocycles. The van der Waals surface area contributed by atoms with Crippen LogP contribution in [0.5, 0.6) is 0 Å². The Morgan fingerprint density at radius 3 is 2.40 bits per heavy atom. The second kappa shape index (κ2) is 2.59. The van der Waals surface area contributed by atoms with Crippen LogP contribution in [0.4, 0.5) is 4.39 Å². The van der Waals surface area contributed by atoms with E-state index in [4.69, 9.17) is 11.6 Å². The number of aryl methyl sites for hydroxylation is 2. The highest BCUT2D eigenvalue weighted by atomic mass is 35.5. The fourth-order valence-electron chi connectivity index (χ4n) is 0.898. The summed E-state index contributed by atoms with van der Waals surface area (Å²) in [4.78, 5) is 0. The first-order chi connectivity index (χ1) is 4.61. The minimum Gasteiger partial charge on any atom is -0.205 e. The lowest BCUT2D eigenvalue weighted by molar-refractivity contribution is 0.618. The quantitative estimate of drug-likeness (QED) is 0.544. The molecule has 1 aromatic carbocycles. The van der Waals surface area contributed by atoms with Gasteiger partial charge in [-0.15, -0.1) is 0 Å². The maximum Gasteiger partial charge on any atom is 0.144 e. The van der Waals surface area contributed by atoms with Gasteiger partial charge in [0, 0.05) is 0 Å². The first kappa shape index (κ1) is 7.55. The van der Waals surface area contributed by atoms with E-state index in [9.17, 15) is 4.39 Å². The average molecular weight is 159 g/mol. The molecule has 0 N–H and O–H groups in total. The van der Waals surface area contributed by atoms with E-state index in [1.165, 1.54) is 0 Å². The second-order valence-corrected chi connectivity index (χ2v) is 2.78. The lowest BCUT2D eigenvalue weighted by atomic mass is 10.1. The van der Waals surface area contributed by atoms with Gasteiger partial charge < -0.3 is 0 Å². The molecule has 0 aliphatic rings. The van der Waals surface area contributed by atoms with Gasteiger partial charge in [0.15, 0.2) is 0 Å². The van der Waals surface area contributed by atoms with Gasteiger partial charge in [-0.3, -0.25) is 0 Å². The van der Waals surface area contributed by atoms with Gasteiger partial charge in [0.05, 0.1) is 5.02 Å². The van der Waals surface area contributed by atoms with Crippen molar-refractivity contribution in [2.24, 2.45) is 0 Å². The van der Waals surface area contributed by atoms with Crippen LogP contribution in [0.25, 0.3) is 0 Å². The standard InChI is InChI=1S/C8H8ClF/c1-5-3-6(2)8(10)7(9)4-5/h3-4H,1-2H3. The fraction of sp³-hybridized carbons (Fsp3) is 0.250. The molecule has 0 unspecified atom stereocenters. The smallest absolute Gasteiger partial charge is 0.144 e. The minimum atomic E-state index is -0.313. The first-order valence-electron chi connectivity index (χ1n) is 3.03. The molecule has 0 saturated carbocycles. The third kappa shape index (κ3) is 1.29. The summed E-state index contributed by atoms with van der Waals surface area (Å²) in [5, 5.41) is 0.206. The van der Waals surface area contributed by atoms with Crippen LogP contribution in [0.15, 0.2) is 12.1 Å².